The van der Waals surface area contributed by atoms with Crippen molar-refractivity contribution in [3.63, 3.8) is 0 Å². The van der Waals surface area contributed by atoms with Crippen LogP contribution >= 0.6 is 27.7 Å². The monoisotopic (exact) mass is 315 g/mol. The Morgan fingerprint density at radius 3 is 2.41 bits per heavy atom. The molecule has 1 nitrogen and oxygen atoms in total. The average Bonchev–Trinajstić information content (AvgIpc) is 2.30. The van der Waals surface area contributed by atoms with Crippen molar-refractivity contribution in [1.29, 1.82) is 0 Å². The van der Waals surface area contributed by atoms with Crippen LogP contribution in [0.3, 0.4) is 0 Å². The van der Waals surface area contributed by atoms with Gasteiger partial charge in [-0.05, 0) is 42.0 Å². The molecule has 0 aliphatic heterocycles. The van der Waals surface area contributed by atoms with Crippen molar-refractivity contribution < 1.29 is 0 Å². The van der Waals surface area contributed by atoms with Crippen LogP contribution < -0.4 is 5.32 Å². The average molecular weight is 316 g/mol. The number of thioether (sulfide) groups is 1. The summed E-state index contributed by atoms with van der Waals surface area (Å²) in [5, 5.41) is 3.55. The Morgan fingerprint density at radius 1 is 1.24 bits per heavy atom. The first-order chi connectivity index (χ1) is 8.13. The van der Waals surface area contributed by atoms with E-state index >= 15 is 0 Å². The van der Waals surface area contributed by atoms with Crippen molar-refractivity contribution in [3.05, 3.63) is 34.3 Å². The van der Waals surface area contributed by atoms with Crippen LogP contribution in [0.15, 0.2) is 28.7 Å². The van der Waals surface area contributed by atoms with Gasteiger partial charge in [0.25, 0.3) is 0 Å². The second-order valence-corrected chi connectivity index (χ2v) is 6.49. The van der Waals surface area contributed by atoms with E-state index in [1.807, 2.05) is 11.8 Å². The third kappa shape index (κ3) is 5.94. The second-order valence-electron chi connectivity index (χ2n) is 4.59. The van der Waals surface area contributed by atoms with Crippen LogP contribution in [-0.4, -0.2) is 24.6 Å². The van der Waals surface area contributed by atoms with Crippen molar-refractivity contribution in [2.75, 3.05) is 18.6 Å². The van der Waals surface area contributed by atoms with Gasteiger partial charge in [-0.2, -0.15) is 11.8 Å². The molecule has 0 heterocycles. The lowest BCUT2D eigenvalue weighted by molar-refractivity contribution is 0.522. The summed E-state index contributed by atoms with van der Waals surface area (Å²) in [5.41, 5.74) is 1.44. The Morgan fingerprint density at radius 2 is 1.88 bits per heavy atom. The van der Waals surface area contributed by atoms with Crippen molar-refractivity contribution in [2.45, 2.75) is 32.2 Å². The van der Waals surface area contributed by atoms with Gasteiger partial charge in [-0.3, -0.25) is 0 Å². The van der Waals surface area contributed by atoms with E-state index in [2.05, 4.69) is 65.6 Å². The highest BCUT2D eigenvalue weighted by Crippen LogP contribution is 2.22. The molecule has 0 saturated carbocycles. The summed E-state index contributed by atoms with van der Waals surface area (Å²) < 4.78 is 1.15. The van der Waals surface area contributed by atoms with Crippen LogP contribution in [-0.2, 0) is 0 Å². The van der Waals surface area contributed by atoms with Crippen molar-refractivity contribution in [3.8, 4) is 0 Å². The molecule has 0 aliphatic carbocycles. The Balaban J connectivity index is 2.63. The Hall–Kier alpha value is 0.01000. The molecule has 1 atom stereocenters. The molecular formula is C14H22BrNS. The summed E-state index contributed by atoms with van der Waals surface area (Å²) in [7, 11) is 0. The molecule has 0 fully saturated rings. The van der Waals surface area contributed by atoms with E-state index in [0.29, 0.717) is 12.0 Å². The van der Waals surface area contributed by atoms with Crippen molar-refractivity contribution >= 4 is 27.7 Å². The van der Waals surface area contributed by atoms with E-state index in [4.69, 9.17) is 0 Å². The molecule has 0 bridgehead atoms. The van der Waals surface area contributed by atoms with Gasteiger partial charge in [0.05, 0.1) is 0 Å². The van der Waals surface area contributed by atoms with E-state index in [1.54, 1.807) is 0 Å². The predicted molar refractivity (Wildman–Crippen MR) is 83.0 cm³/mol. The molecule has 0 aromatic heterocycles. The number of benzene rings is 1. The first kappa shape index (κ1) is 15.1. The largest absolute Gasteiger partial charge is 0.314 e. The summed E-state index contributed by atoms with van der Waals surface area (Å²) >= 11 is 5.41. The molecule has 1 aromatic rings. The van der Waals surface area contributed by atoms with Gasteiger partial charge in [0.15, 0.2) is 0 Å². The zero-order valence-corrected chi connectivity index (χ0v) is 13.3. The molecule has 1 unspecified atom stereocenters. The van der Waals surface area contributed by atoms with E-state index in [1.165, 1.54) is 17.7 Å². The minimum Gasteiger partial charge on any atom is -0.314 e. The highest BCUT2D eigenvalue weighted by atomic mass is 79.9. The first-order valence-electron chi connectivity index (χ1n) is 6.11. The molecule has 0 amide bonds. The molecular weight excluding hydrogens is 294 g/mol. The van der Waals surface area contributed by atoms with Gasteiger partial charge >= 0.3 is 0 Å². The SMILES string of the molecule is CSCCC(CNC(C)C)c1ccc(Br)cc1. The lowest BCUT2D eigenvalue weighted by atomic mass is 9.96. The van der Waals surface area contributed by atoms with Gasteiger partial charge in [-0.1, -0.05) is 41.9 Å². The van der Waals surface area contributed by atoms with Crippen molar-refractivity contribution in [1.82, 2.24) is 5.32 Å². The highest BCUT2D eigenvalue weighted by molar-refractivity contribution is 9.10. The molecule has 0 aliphatic rings. The number of hydrogen-bond acceptors (Lipinski definition) is 2. The fraction of sp³-hybridized carbons (Fsp3) is 0.571. The molecule has 0 radical (unpaired) electrons. The van der Waals surface area contributed by atoms with E-state index in [-0.39, 0.29) is 0 Å². The van der Waals surface area contributed by atoms with Gasteiger partial charge in [0, 0.05) is 17.1 Å². The Labute approximate surface area is 118 Å². The minimum atomic E-state index is 0.558. The Kier molecular flexibility index (Phi) is 7.24. The van der Waals surface area contributed by atoms with Gasteiger partial charge < -0.3 is 5.32 Å². The normalized spacial score (nSPS) is 13.0. The maximum Gasteiger partial charge on any atom is 0.0175 e. The highest BCUT2D eigenvalue weighted by Gasteiger charge is 2.11. The lowest BCUT2D eigenvalue weighted by Gasteiger charge is -2.19. The van der Waals surface area contributed by atoms with Crippen molar-refractivity contribution in [2.24, 2.45) is 0 Å². The lowest BCUT2D eigenvalue weighted by Crippen LogP contribution is -2.28. The molecule has 0 saturated heterocycles. The molecule has 3 heteroatoms. The maximum absolute atomic E-state index is 3.55. The number of nitrogens with one attached hydrogen (secondary N) is 1. The quantitative estimate of drug-likeness (QED) is 0.805. The molecule has 1 rings (SSSR count). The third-order valence-corrected chi connectivity index (χ3v) is 3.96. The van der Waals surface area contributed by atoms with E-state index in [9.17, 15) is 0 Å². The summed E-state index contributed by atoms with van der Waals surface area (Å²) in [5.74, 6) is 1.85. The van der Waals surface area contributed by atoms with Gasteiger partial charge in [0.1, 0.15) is 0 Å². The minimum absolute atomic E-state index is 0.558. The zero-order valence-electron chi connectivity index (χ0n) is 10.9. The van der Waals surface area contributed by atoms with Crippen LogP contribution in [0.5, 0.6) is 0 Å². The smallest absolute Gasteiger partial charge is 0.0175 e. The standard InChI is InChI=1S/C14H22BrNS/c1-11(2)16-10-13(8-9-17-3)12-4-6-14(15)7-5-12/h4-7,11,13,16H,8-10H2,1-3H3. The van der Waals surface area contributed by atoms with Gasteiger partial charge in [-0.15, -0.1) is 0 Å². The summed E-state index contributed by atoms with van der Waals surface area (Å²) in [6.45, 7) is 5.47. The number of hydrogen-bond donors (Lipinski definition) is 1. The van der Waals surface area contributed by atoms with Crippen LogP contribution in [0.4, 0.5) is 0 Å². The van der Waals surface area contributed by atoms with Gasteiger partial charge in [0.2, 0.25) is 0 Å². The Bertz CT molecular complexity index is 311. The second kappa shape index (κ2) is 8.17. The molecule has 0 spiro atoms. The molecule has 17 heavy (non-hydrogen) atoms. The molecule has 1 N–H and O–H groups in total. The number of halogens is 1. The van der Waals surface area contributed by atoms with E-state index < -0.39 is 0 Å². The molecule has 96 valence electrons. The summed E-state index contributed by atoms with van der Waals surface area (Å²) in [4.78, 5) is 0. The summed E-state index contributed by atoms with van der Waals surface area (Å²) in [6.07, 6.45) is 3.41. The maximum atomic E-state index is 3.55. The number of rotatable bonds is 7. The van der Waals surface area contributed by atoms with Crippen LogP contribution in [0.1, 0.15) is 31.7 Å². The predicted octanol–water partition coefficient (Wildman–Crippen LogP) is 4.28. The van der Waals surface area contributed by atoms with Crippen LogP contribution in [0.2, 0.25) is 0 Å². The van der Waals surface area contributed by atoms with Crippen LogP contribution in [0, 0.1) is 0 Å². The topological polar surface area (TPSA) is 12.0 Å². The van der Waals surface area contributed by atoms with E-state index in [0.717, 1.165) is 11.0 Å². The fourth-order valence-corrected chi connectivity index (χ4v) is 2.54. The summed E-state index contributed by atoms with van der Waals surface area (Å²) in [6, 6.07) is 9.30. The first-order valence-corrected chi connectivity index (χ1v) is 8.30. The van der Waals surface area contributed by atoms with Gasteiger partial charge in [-0.25, -0.2) is 0 Å². The zero-order chi connectivity index (χ0) is 12.7. The van der Waals surface area contributed by atoms with Crippen LogP contribution in [0.25, 0.3) is 0 Å². The molecule has 1 aromatic carbocycles. The third-order valence-electron chi connectivity index (χ3n) is 2.78. The fourth-order valence-electron chi connectivity index (χ4n) is 1.76.